The molecule has 0 radical (unpaired) electrons. The molecule has 3 aromatic carbocycles. The van der Waals surface area contributed by atoms with Crippen molar-refractivity contribution in [3.63, 3.8) is 0 Å². The van der Waals surface area contributed by atoms with E-state index in [9.17, 15) is 18.0 Å². The maximum absolute atomic E-state index is 13.1. The summed E-state index contributed by atoms with van der Waals surface area (Å²) < 4.78 is 44.1. The molecule has 0 fully saturated rings. The van der Waals surface area contributed by atoms with Gasteiger partial charge in [-0.1, -0.05) is 18.2 Å². The van der Waals surface area contributed by atoms with Crippen LogP contribution in [0.5, 0.6) is 5.75 Å². The third kappa shape index (κ3) is 6.21. The molecule has 36 heavy (non-hydrogen) atoms. The van der Waals surface area contributed by atoms with E-state index >= 15 is 0 Å². The van der Waals surface area contributed by atoms with Gasteiger partial charge in [0.05, 0.1) is 18.2 Å². The minimum absolute atomic E-state index is 0.284. The molecule has 0 aliphatic carbocycles. The van der Waals surface area contributed by atoms with Gasteiger partial charge in [0.15, 0.2) is 0 Å². The van der Waals surface area contributed by atoms with Crippen molar-refractivity contribution in [2.45, 2.75) is 12.6 Å². The third-order valence-electron chi connectivity index (χ3n) is 5.57. The number of aromatic nitrogens is 1. The summed E-state index contributed by atoms with van der Waals surface area (Å²) in [5.74, 6) is 0.0583. The van der Waals surface area contributed by atoms with Gasteiger partial charge in [0.2, 0.25) is 0 Å². The molecule has 0 saturated heterocycles. The lowest BCUT2D eigenvalue weighted by molar-refractivity contribution is -0.137. The van der Waals surface area contributed by atoms with Crippen molar-refractivity contribution in [2.75, 3.05) is 24.3 Å². The number of halogens is 3. The predicted molar refractivity (Wildman–Crippen MR) is 134 cm³/mol. The highest BCUT2D eigenvalue weighted by molar-refractivity contribution is 6.09. The molecule has 0 saturated carbocycles. The zero-order valence-corrected chi connectivity index (χ0v) is 19.5. The summed E-state index contributed by atoms with van der Waals surface area (Å²) in [5, 5.41) is 6.17. The Morgan fingerprint density at radius 3 is 2.28 bits per heavy atom. The fourth-order valence-electron chi connectivity index (χ4n) is 3.68. The van der Waals surface area contributed by atoms with E-state index in [-0.39, 0.29) is 5.56 Å². The molecule has 1 heterocycles. The monoisotopic (exact) mass is 491 g/mol. The van der Waals surface area contributed by atoms with Gasteiger partial charge in [-0.05, 0) is 77.9 Å². The minimum atomic E-state index is -4.43. The number of anilines is 2. The fourth-order valence-corrected chi connectivity index (χ4v) is 3.68. The van der Waals surface area contributed by atoms with E-state index in [0.29, 0.717) is 29.1 Å². The average molecular weight is 492 g/mol. The van der Waals surface area contributed by atoms with Gasteiger partial charge in [-0.2, -0.15) is 13.2 Å². The number of pyridine rings is 1. The molecule has 0 unspecified atom stereocenters. The number of amides is 1. The second kappa shape index (κ2) is 10.9. The Labute approximate surface area is 207 Å². The molecule has 0 aliphatic heterocycles. The molecule has 184 valence electrons. The Hall–Kier alpha value is -4.33. The Morgan fingerprint density at radius 1 is 0.917 bits per heavy atom. The maximum Gasteiger partial charge on any atom is 0.416 e. The summed E-state index contributed by atoms with van der Waals surface area (Å²) >= 11 is 0. The number of rotatable bonds is 8. The first kappa shape index (κ1) is 24.8. The van der Waals surface area contributed by atoms with Crippen molar-refractivity contribution in [3.05, 3.63) is 108 Å². The number of methoxy groups -OCH3 is 1. The second-order valence-electron chi connectivity index (χ2n) is 8.02. The summed E-state index contributed by atoms with van der Waals surface area (Å²) in [4.78, 5) is 17.4. The Morgan fingerprint density at radius 2 is 1.64 bits per heavy atom. The van der Waals surface area contributed by atoms with Crippen molar-refractivity contribution in [1.29, 1.82) is 0 Å². The maximum atomic E-state index is 13.1. The minimum Gasteiger partial charge on any atom is -0.497 e. The highest BCUT2D eigenvalue weighted by Gasteiger charge is 2.30. The standard InChI is InChI=1S/C28H24F3N3O2/c1-36-24-13-14-25(19-5-7-20(8-6-19)28(29,30)31)26(18-24)27(35)34-23-11-9-22(10-12-23)33-17-15-21-4-2-3-16-32-21/h2-14,16,18,33H,15,17H2,1H3,(H,34,35). The van der Waals surface area contributed by atoms with Crippen molar-refractivity contribution in [2.24, 2.45) is 0 Å². The van der Waals surface area contributed by atoms with E-state index in [0.717, 1.165) is 29.9 Å². The van der Waals surface area contributed by atoms with Crippen molar-refractivity contribution >= 4 is 17.3 Å². The van der Waals surface area contributed by atoms with Crippen LogP contribution in [0.2, 0.25) is 0 Å². The largest absolute Gasteiger partial charge is 0.497 e. The summed E-state index contributed by atoms with van der Waals surface area (Å²) in [6.07, 6.45) is -1.89. The first-order chi connectivity index (χ1) is 17.3. The predicted octanol–water partition coefficient (Wildman–Crippen LogP) is 6.68. The van der Waals surface area contributed by atoms with Gasteiger partial charge in [0.1, 0.15) is 5.75 Å². The molecule has 4 rings (SSSR count). The van der Waals surface area contributed by atoms with E-state index < -0.39 is 17.6 Å². The lowest BCUT2D eigenvalue weighted by Gasteiger charge is -2.14. The number of alkyl halides is 3. The van der Waals surface area contributed by atoms with E-state index in [2.05, 4.69) is 15.6 Å². The number of benzene rings is 3. The van der Waals surface area contributed by atoms with Crippen molar-refractivity contribution < 1.29 is 22.7 Å². The molecule has 0 bridgehead atoms. The van der Waals surface area contributed by atoms with Gasteiger partial charge in [-0.15, -0.1) is 0 Å². The molecular weight excluding hydrogens is 467 g/mol. The van der Waals surface area contributed by atoms with Crippen LogP contribution in [0.25, 0.3) is 11.1 Å². The highest BCUT2D eigenvalue weighted by Crippen LogP contribution is 2.33. The van der Waals surface area contributed by atoms with Gasteiger partial charge in [-0.25, -0.2) is 0 Å². The number of hydrogen-bond donors (Lipinski definition) is 2. The average Bonchev–Trinajstić information content (AvgIpc) is 2.89. The molecule has 0 atom stereocenters. The Bertz CT molecular complexity index is 1310. The number of ether oxygens (including phenoxy) is 1. The first-order valence-corrected chi connectivity index (χ1v) is 11.2. The van der Waals surface area contributed by atoms with Crippen LogP contribution in [0.15, 0.2) is 91.1 Å². The van der Waals surface area contributed by atoms with Crippen LogP contribution >= 0.6 is 0 Å². The molecule has 0 spiro atoms. The second-order valence-corrected chi connectivity index (χ2v) is 8.02. The number of carbonyl (C=O) groups is 1. The SMILES string of the molecule is COc1ccc(-c2ccc(C(F)(F)F)cc2)c(C(=O)Nc2ccc(NCCc3ccccn3)cc2)c1. The molecule has 2 N–H and O–H groups in total. The number of carbonyl (C=O) groups excluding carboxylic acids is 1. The van der Waals surface area contributed by atoms with Crippen LogP contribution in [0, 0.1) is 0 Å². The first-order valence-electron chi connectivity index (χ1n) is 11.2. The summed E-state index contributed by atoms with van der Waals surface area (Å²) in [6.45, 7) is 0.711. The topological polar surface area (TPSA) is 63.2 Å². The van der Waals surface area contributed by atoms with Crippen LogP contribution in [0.1, 0.15) is 21.6 Å². The number of nitrogens with one attached hydrogen (secondary N) is 2. The lowest BCUT2D eigenvalue weighted by atomic mass is 9.97. The quantitative estimate of drug-likeness (QED) is 0.289. The van der Waals surface area contributed by atoms with Gasteiger partial charge in [0.25, 0.3) is 5.91 Å². The van der Waals surface area contributed by atoms with Crippen LogP contribution in [0.3, 0.4) is 0 Å². The zero-order valence-electron chi connectivity index (χ0n) is 19.5. The van der Waals surface area contributed by atoms with E-state index in [1.165, 1.54) is 19.2 Å². The summed E-state index contributed by atoms with van der Waals surface area (Å²) in [6, 6.07) is 22.7. The van der Waals surface area contributed by atoms with Crippen LogP contribution < -0.4 is 15.4 Å². The van der Waals surface area contributed by atoms with Crippen molar-refractivity contribution in [3.8, 4) is 16.9 Å². The Kier molecular flexibility index (Phi) is 7.53. The van der Waals surface area contributed by atoms with Gasteiger partial charge < -0.3 is 15.4 Å². The van der Waals surface area contributed by atoms with E-state index in [4.69, 9.17) is 4.74 Å². The zero-order chi connectivity index (χ0) is 25.5. The van der Waals surface area contributed by atoms with E-state index in [1.807, 2.05) is 30.3 Å². The highest BCUT2D eigenvalue weighted by atomic mass is 19.4. The molecule has 1 aromatic heterocycles. The Balaban J connectivity index is 1.47. The van der Waals surface area contributed by atoms with Gasteiger partial charge >= 0.3 is 6.18 Å². The summed E-state index contributed by atoms with van der Waals surface area (Å²) in [5.41, 5.74) is 2.99. The van der Waals surface area contributed by atoms with Crippen LogP contribution in [-0.4, -0.2) is 24.5 Å². The molecule has 1 amide bonds. The normalized spacial score (nSPS) is 11.1. The van der Waals surface area contributed by atoms with E-state index in [1.54, 1.807) is 36.5 Å². The fraction of sp³-hybridized carbons (Fsp3) is 0.143. The smallest absolute Gasteiger partial charge is 0.416 e. The molecular formula is C28H24F3N3O2. The third-order valence-corrected chi connectivity index (χ3v) is 5.57. The van der Waals surface area contributed by atoms with Crippen LogP contribution in [-0.2, 0) is 12.6 Å². The molecule has 0 aliphatic rings. The molecule has 5 nitrogen and oxygen atoms in total. The van der Waals surface area contributed by atoms with Gasteiger partial charge in [0, 0.05) is 36.2 Å². The van der Waals surface area contributed by atoms with Gasteiger partial charge in [-0.3, -0.25) is 9.78 Å². The summed E-state index contributed by atoms with van der Waals surface area (Å²) in [7, 11) is 1.48. The number of hydrogen-bond acceptors (Lipinski definition) is 4. The number of nitrogens with zero attached hydrogens (tertiary/aromatic N) is 1. The molecule has 8 heteroatoms. The van der Waals surface area contributed by atoms with Crippen LogP contribution in [0.4, 0.5) is 24.5 Å². The van der Waals surface area contributed by atoms with Crippen molar-refractivity contribution in [1.82, 2.24) is 4.98 Å². The molecule has 4 aromatic rings. The lowest BCUT2D eigenvalue weighted by Crippen LogP contribution is -2.13.